The van der Waals surface area contributed by atoms with Crippen LogP contribution in [0.15, 0.2) is 30.3 Å². The fourth-order valence-electron chi connectivity index (χ4n) is 4.12. The van der Waals surface area contributed by atoms with Gasteiger partial charge >= 0.3 is 5.97 Å². The number of aromatic amines is 1. The lowest BCUT2D eigenvalue weighted by molar-refractivity contribution is -0.0176. The lowest BCUT2D eigenvalue weighted by Gasteiger charge is -2.36. The summed E-state index contributed by atoms with van der Waals surface area (Å²) in [6.07, 6.45) is 3.08. The summed E-state index contributed by atoms with van der Waals surface area (Å²) in [5, 5.41) is 10.7. The first-order valence-electron chi connectivity index (χ1n) is 9.56. The molecule has 0 unspecified atom stereocenters. The van der Waals surface area contributed by atoms with E-state index >= 15 is 0 Å². The van der Waals surface area contributed by atoms with Gasteiger partial charge in [0.25, 0.3) is 0 Å². The average molecular weight is 355 g/mol. The van der Waals surface area contributed by atoms with Crippen molar-refractivity contribution in [1.82, 2.24) is 4.98 Å². The number of hydrogen-bond donors (Lipinski definition) is 2. The number of aromatic nitrogens is 1. The van der Waals surface area contributed by atoms with E-state index in [2.05, 4.69) is 25.8 Å². The molecule has 1 fully saturated rings. The summed E-state index contributed by atoms with van der Waals surface area (Å²) in [5.41, 5.74) is 2.30. The molecule has 1 aliphatic rings. The molecule has 0 saturated heterocycles. The molecule has 3 atom stereocenters. The highest BCUT2D eigenvalue weighted by Crippen LogP contribution is 2.38. The summed E-state index contributed by atoms with van der Waals surface area (Å²) in [6, 6.07) is 9.52. The highest BCUT2D eigenvalue weighted by molar-refractivity contribution is 5.97. The second-order valence-corrected chi connectivity index (χ2v) is 7.98. The standard InChI is InChI=1S/C22H29NO3/c1-13(2)17-11-10-14(3)12-18(17)26-22(25)19-15(4)23-20(21(19)24)16-8-6-5-7-9-16/h5-9,13-14,17-18,23-24H,10-12H2,1-4H3/t14-,17-,18+/m0/s1. The van der Waals surface area contributed by atoms with Crippen LogP contribution < -0.4 is 0 Å². The SMILES string of the molecule is Cc1[nH]c(-c2ccccc2)c(O)c1C(=O)O[C@@H]1C[C@@H](C)CC[C@H]1C(C)C. The number of H-pyrrole nitrogens is 1. The van der Waals surface area contributed by atoms with Gasteiger partial charge in [0.2, 0.25) is 0 Å². The number of aryl methyl sites for hydroxylation is 1. The van der Waals surface area contributed by atoms with Crippen molar-refractivity contribution in [3.05, 3.63) is 41.6 Å². The Bertz CT molecular complexity index is 763. The van der Waals surface area contributed by atoms with Gasteiger partial charge in [0, 0.05) is 11.3 Å². The van der Waals surface area contributed by atoms with Crippen LogP contribution in [0.5, 0.6) is 5.75 Å². The fraction of sp³-hybridized carbons (Fsp3) is 0.500. The van der Waals surface area contributed by atoms with Gasteiger partial charge in [-0.15, -0.1) is 0 Å². The van der Waals surface area contributed by atoms with Gasteiger partial charge in [0.1, 0.15) is 11.7 Å². The van der Waals surface area contributed by atoms with Crippen LogP contribution in [0.25, 0.3) is 11.3 Å². The maximum absolute atomic E-state index is 12.9. The quantitative estimate of drug-likeness (QED) is 0.730. The zero-order chi connectivity index (χ0) is 18.8. The molecule has 1 aliphatic carbocycles. The molecular formula is C22H29NO3. The Morgan fingerprint density at radius 1 is 1.23 bits per heavy atom. The molecular weight excluding hydrogens is 326 g/mol. The Balaban J connectivity index is 1.85. The summed E-state index contributed by atoms with van der Waals surface area (Å²) >= 11 is 0. The van der Waals surface area contributed by atoms with Crippen LogP contribution in [0.1, 0.15) is 56.1 Å². The summed E-state index contributed by atoms with van der Waals surface area (Å²) in [4.78, 5) is 16.0. The normalized spacial score (nSPS) is 23.2. The number of hydrogen-bond acceptors (Lipinski definition) is 3. The second-order valence-electron chi connectivity index (χ2n) is 7.98. The van der Waals surface area contributed by atoms with E-state index in [-0.39, 0.29) is 17.4 Å². The van der Waals surface area contributed by atoms with E-state index in [4.69, 9.17) is 4.74 Å². The van der Waals surface area contributed by atoms with Gasteiger partial charge in [-0.3, -0.25) is 0 Å². The minimum absolute atomic E-state index is 0.0244. The van der Waals surface area contributed by atoms with E-state index in [9.17, 15) is 9.90 Å². The molecule has 2 aromatic rings. The lowest BCUT2D eigenvalue weighted by Crippen LogP contribution is -2.35. The predicted octanol–water partition coefficient (Wildman–Crippen LogP) is 5.31. The molecule has 0 radical (unpaired) electrons. The lowest BCUT2D eigenvalue weighted by atomic mass is 9.75. The topological polar surface area (TPSA) is 62.3 Å². The molecule has 0 amide bonds. The second kappa shape index (κ2) is 7.56. The number of aromatic hydroxyl groups is 1. The smallest absolute Gasteiger partial charge is 0.344 e. The average Bonchev–Trinajstić information content (AvgIpc) is 2.90. The molecule has 3 rings (SSSR count). The van der Waals surface area contributed by atoms with E-state index in [0.29, 0.717) is 29.1 Å². The van der Waals surface area contributed by atoms with Crippen molar-refractivity contribution in [3.63, 3.8) is 0 Å². The Morgan fingerprint density at radius 3 is 2.58 bits per heavy atom. The van der Waals surface area contributed by atoms with Crippen molar-refractivity contribution in [2.75, 3.05) is 0 Å². The monoisotopic (exact) mass is 355 g/mol. The summed E-state index contributed by atoms with van der Waals surface area (Å²) in [7, 11) is 0. The number of nitrogens with one attached hydrogen (secondary N) is 1. The van der Waals surface area contributed by atoms with Gasteiger partial charge in [0.05, 0.1) is 5.69 Å². The molecule has 1 saturated carbocycles. The van der Waals surface area contributed by atoms with Gasteiger partial charge in [0.15, 0.2) is 5.75 Å². The van der Waals surface area contributed by atoms with Crippen molar-refractivity contribution in [1.29, 1.82) is 0 Å². The number of rotatable bonds is 4. The van der Waals surface area contributed by atoms with Gasteiger partial charge in [-0.05, 0) is 37.5 Å². The van der Waals surface area contributed by atoms with Crippen molar-refractivity contribution >= 4 is 5.97 Å². The van der Waals surface area contributed by atoms with Crippen LogP contribution in [0.3, 0.4) is 0 Å². The molecule has 2 N–H and O–H groups in total. The highest BCUT2D eigenvalue weighted by Gasteiger charge is 2.35. The van der Waals surface area contributed by atoms with E-state index in [1.807, 2.05) is 30.3 Å². The summed E-state index contributed by atoms with van der Waals surface area (Å²) < 4.78 is 5.91. The highest BCUT2D eigenvalue weighted by atomic mass is 16.5. The maximum Gasteiger partial charge on any atom is 0.344 e. The largest absolute Gasteiger partial charge is 0.505 e. The minimum atomic E-state index is -0.428. The number of esters is 1. The van der Waals surface area contributed by atoms with Crippen LogP contribution >= 0.6 is 0 Å². The van der Waals surface area contributed by atoms with Crippen molar-refractivity contribution in [2.24, 2.45) is 17.8 Å². The first-order valence-corrected chi connectivity index (χ1v) is 9.56. The van der Waals surface area contributed by atoms with Crippen molar-refractivity contribution < 1.29 is 14.6 Å². The van der Waals surface area contributed by atoms with Crippen LogP contribution in [-0.4, -0.2) is 22.2 Å². The van der Waals surface area contributed by atoms with Gasteiger partial charge in [-0.25, -0.2) is 4.79 Å². The maximum atomic E-state index is 12.9. The van der Waals surface area contributed by atoms with E-state index in [0.717, 1.165) is 18.4 Å². The Hall–Kier alpha value is -2.23. The molecule has 1 aromatic heterocycles. The van der Waals surface area contributed by atoms with Gasteiger partial charge in [-0.2, -0.15) is 0 Å². The van der Waals surface area contributed by atoms with Gasteiger partial charge in [-0.1, -0.05) is 57.5 Å². The number of carbonyl (C=O) groups is 1. The number of ether oxygens (including phenoxy) is 1. The minimum Gasteiger partial charge on any atom is -0.505 e. The van der Waals surface area contributed by atoms with E-state index < -0.39 is 5.97 Å². The van der Waals surface area contributed by atoms with Crippen LogP contribution in [0.4, 0.5) is 0 Å². The Kier molecular flexibility index (Phi) is 5.40. The van der Waals surface area contributed by atoms with Crippen molar-refractivity contribution in [3.8, 4) is 17.0 Å². The molecule has 1 heterocycles. The number of benzene rings is 1. The molecule has 4 nitrogen and oxygen atoms in total. The molecule has 140 valence electrons. The third-order valence-electron chi connectivity index (χ3n) is 5.65. The van der Waals surface area contributed by atoms with E-state index in [1.165, 1.54) is 6.42 Å². The zero-order valence-electron chi connectivity index (χ0n) is 16.1. The third kappa shape index (κ3) is 3.64. The summed E-state index contributed by atoms with van der Waals surface area (Å²) in [6.45, 7) is 8.39. The molecule has 0 bridgehead atoms. The third-order valence-corrected chi connectivity index (χ3v) is 5.65. The molecule has 0 aliphatic heterocycles. The van der Waals surface area contributed by atoms with Gasteiger partial charge < -0.3 is 14.8 Å². The Morgan fingerprint density at radius 2 is 1.92 bits per heavy atom. The fourth-order valence-corrected chi connectivity index (χ4v) is 4.12. The molecule has 4 heteroatoms. The predicted molar refractivity (Wildman–Crippen MR) is 103 cm³/mol. The van der Waals surface area contributed by atoms with Crippen LogP contribution in [0, 0.1) is 24.7 Å². The van der Waals surface area contributed by atoms with Crippen LogP contribution in [0.2, 0.25) is 0 Å². The van der Waals surface area contributed by atoms with E-state index in [1.54, 1.807) is 6.92 Å². The molecule has 0 spiro atoms. The van der Waals surface area contributed by atoms with Crippen molar-refractivity contribution in [2.45, 2.75) is 53.1 Å². The first kappa shape index (κ1) is 18.6. The molecule has 1 aromatic carbocycles. The zero-order valence-corrected chi connectivity index (χ0v) is 16.1. The summed E-state index contributed by atoms with van der Waals surface area (Å²) in [5.74, 6) is 0.960. The Labute approximate surface area is 155 Å². The number of carbonyl (C=O) groups excluding carboxylic acids is 1. The first-order chi connectivity index (χ1) is 12.4. The van der Waals surface area contributed by atoms with Crippen LogP contribution in [-0.2, 0) is 4.74 Å². The molecule has 26 heavy (non-hydrogen) atoms.